The van der Waals surface area contributed by atoms with Crippen LogP contribution in [0.3, 0.4) is 0 Å². The molecular weight excluding hydrogens is 455 g/mol. The number of halogens is 2. The molecule has 0 bridgehead atoms. The second-order valence-electron chi connectivity index (χ2n) is 5.96. The molecule has 0 aliphatic rings. The summed E-state index contributed by atoms with van der Waals surface area (Å²) in [6.07, 6.45) is -0.184. The van der Waals surface area contributed by atoms with Gasteiger partial charge in [0.1, 0.15) is 5.75 Å². The first-order valence-corrected chi connectivity index (χ1v) is 11.6. The van der Waals surface area contributed by atoms with Gasteiger partial charge in [-0.15, -0.1) is 11.3 Å². The third kappa shape index (κ3) is 5.48. The second kappa shape index (κ2) is 9.13. The molecule has 1 amide bonds. The third-order valence-electron chi connectivity index (χ3n) is 3.98. The average molecular weight is 471 g/mol. The summed E-state index contributed by atoms with van der Waals surface area (Å²) in [6.45, 7) is 0. The summed E-state index contributed by atoms with van der Waals surface area (Å²) in [5, 5.41) is 5.62. The number of methoxy groups -OCH3 is 1. The number of thiazole rings is 1. The molecular formula is C19H16Cl2N2O4S2. The second-order valence-corrected chi connectivity index (χ2v) is 9.74. The van der Waals surface area contributed by atoms with E-state index in [0.29, 0.717) is 26.6 Å². The van der Waals surface area contributed by atoms with Gasteiger partial charge in [0.2, 0.25) is 5.91 Å². The van der Waals surface area contributed by atoms with Gasteiger partial charge in [-0.2, -0.15) is 0 Å². The maximum Gasteiger partial charge on any atom is 0.227 e. The fraction of sp³-hybridized carbons (Fsp3) is 0.158. The molecule has 0 saturated carbocycles. The number of carbonyl (C=O) groups is 1. The first kappa shape index (κ1) is 21.6. The monoisotopic (exact) mass is 470 g/mol. The molecule has 1 heterocycles. The minimum absolute atomic E-state index is 0.141. The van der Waals surface area contributed by atoms with E-state index in [1.165, 1.54) is 30.6 Å². The standard InChI is InChI=1S/C19H16Cl2N2O4S2/c1-27-13-3-5-14(6-4-13)29(25,26)9-8-18(24)23-19-22-17(11-28-19)12-2-7-15(20)16(21)10-12/h2-7,10-11H,8-9H2,1H3,(H,22,23,24). The highest BCUT2D eigenvalue weighted by Gasteiger charge is 2.17. The number of benzene rings is 2. The Morgan fingerprint density at radius 2 is 1.86 bits per heavy atom. The van der Waals surface area contributed by atoms with Gasteiger partial charge in [0.05, 0.1) is 33.5 Å². The van der Waals surface area contributed by atoms with Crippen LogP contribution in [-0.4, -0.2) is 32.2 Å². The number of nitrogens with one attached hydrogen (secondary N) is 1. The van der Waals surface area contributed by atoms with Crippen molar-refractivity contribution in [3.8, 4) is 17.0 Å². The van der Waals surface area contributed by atoms with E-state index < -0.39 is 15.7 Å². The Balaban J connectivity index is 1.60. The van der Waals surface area contributed by atoms with Crippen molar-refractivity contribution in [1.82, 2.24) is 4.98 Å². The van der Waals surface area contributed by atoms with Crippen LogP contribution >= 0.6 is 34.5 Å². The van der Waals surface area contributed by atoms with Crippen molar-refractivity contribution < 1.29 is 17.9 Å². The van der Waals surface area contributed by atoms with Crippen LogP contribution in [0, 0.1) is 0 Å². The van der Waals surface area contributed by atoms with Crippen molar-refractivity contribution in [1.29, 1.82) is 0 Å². The van der Waals surface area contributed by atoms with Crippen LogP contribution < -0.4 is 10.1 Å². The third-order valence-corrected chi connectivity index (χ3v) is 7.21. The summed E-state index contributed by atoms with van der Waals surface area (Å²) in [7, 11) is -2.08. The Bertz CT molecular complexity index is 1130. The molecule has 0 radical (unpaired) electrons. The molecule has 3 aromatic rings. The fourth-order valence-corrected chi connectivity index (χ4v) is 4.70. The van der Waals surface area contributed by atoms with E-state index in [1.807, 2.05) is 0 Å². The first-order valence-electron chi connectivity index (χ1n) is 8.36. The number of hydrogen-bond donors (Lipinski definition) is 1. The molecule has 0 aliphatic heterocycles. The van der Waals surface area contributed by atoms with Crippen molar-refractivity contribution in [2.75, 3.05) is 18.2 Å². The number of rotatable bonds is 7. The molecule has 0 unspecified atom stereocenters. The van der Waals surface area contributed by atoms with Crippen LogP contribution in [0.2, 0.25) is 10.0 Å². The van der Waals surface area contributed by atoms with Gasteiger partial charge < -0.3 is 10.1 Å². The predicted molar refractivity (Wildman–Crippen MR) is 116 cm³/mol. The van der Waals surface area contributed by atoms with Gasteiger partial charge in [0, 0.05) is 17.4 Å². The molecule has 29 heavy (non-hydrogen) atoms. The van der Waals surface area contributed by atoms with Crippen LogP contribution in [0.4, 0.5) is 5.13 Å². The number of carbonyl (C=O) groups excluding carboxylic acids is 1. The van der Waals surface area contributed by atoms with E-state index in [1.54, 1.807) is 35.7 Å². The van der Waals surface area contributed by atoms with Gasteiger partial charge in [0.25, 0.3) is 0 Å². The van der Waals surface area contributed by atoms with Crippen LogP contribution in [0.25, 0.3) is 11.3 Å². The Morgan fingerprint density at radius 1 is 1.14 bits per heavy atom. The van der Waals surface area contributed by atoms with Crippen LogP contribution in [0.15, 0.2) is 52.7 Å². The Morgan fingerprint density at radius 3 is 2.52 bits per heavy atom. The molecule has 0 spiro atoms. The minimum atomic E-state index is -3.58. The number of anilines is 1. The zero-order chi connectivity index (χ0) is 21.0. The lowest BCUT2D eigenvalue weighted by Crippen LogP contribution is -2.17. The molecule has 0 saturated heterocycles. The number of ether oxygens (including phenoxy) is 1. The molecule has 1 aromatic heterocycles. The zero-order valence-electron chi connectivity index (χ0n) is 15.2. The van der Waals surface area contributed by atoms with Gasteiger partial charge >= 0.3 is 0 Å². The Labute approximate surface area is 182 Å². The lowest BCUT2D eigenvalue weighted by atomic mass is 10.2. The largest absolute Gasteiger partial charge is 0.497 e. The highest BCUT2D eigenvalue weighted by atomic mass is 35.5. The number of aromatic nitrogens is 1. The maximum atomic E-state index is 12.4. The van der Waals surface area contributed by atoms with E-state index in [0.717, 1.165) is 5.56 Å². The van der Waals surface area contributed by atoms with Crippen molar-refractivity contribution >= 4 is 55.4 Å². The lowest BCUT2D eigenvalue weighted by molar-refractivity contribution is -0.115. The van der Waals surface area contributed by atoms with Gasteiger partial charge in [-0.1, -0.05) is 29.3 Å². The summed E-state index contributed by atoms with van der Waals surface area (Å²) in [4.78, 5) is 16.6. The quantitative estimate of drug-likeness (QED) is 0.528. The van der Waals surface area contributed by atoms with Crippen LogP contribution in [-0.2, 0) is 14.6 Å². The molecule has 0 aliphatic carbocycles. The number of sulfone groups is 1. The van der Waals surface area contributed by atoms with Crippen molar-refractivity contribution in [2.24, 2.45) is 0 Å². The number of hydrogen-bond acceptors (Lipinski definition) is 6. The Hall–Kier alpha value is -2.13. The number of amides is 1. The summed E-state index contributed by atoms with van der Waals surface area (Å²) < 4.78 is 29.8. The summed E-state index contributed by atoms with van der Waals surface area (Å²) in [5.74, 6) is -0.184. The van der Waals surface area contributed by atoms with Crippen LogP contribution in [0.5, 0.6) is 5.75 Å². The highest BCUT2D eigenvalue weighted by molar-refractivity contribution is 7.91. The zero-order valence-corrected chi connectivity index (χ0v) is 18.3. The highest BCUT2D eigenvalue weighted by Crippen LogP contribution is 2.30. The average Bonchev–Trinajstić information content (AvgIpc) is 3.17. The number of nitrogens with zero attached hydrogens (tertiary/aromatic N) is 1. The topological polar surface area (TPSA) is 85.4 Å². The van der Waals surface area contributed by atoms with E-state index in [-0.39, 0.29) is 17.1 Å². The van der Waals surface area contributed by atoms with E-state index in [9.17, 15) is 13.2 Å². The summed E-state index contributed by atoms with van der Waals surface area (Å²) in [5.41, 5.74) is 1.40. The molecule has 1 N–H and O–H groups in total. The SMILES string of the molecule is COc1ccc(S(=O)(=O)CCC(=O)Nc2nc(-c3ccc(Cl)c(Cl)c3)cs2)cc1. The fourth-order valence-electron chi connectivity index (χ4n) is 2.43. The molecule has 10 heteroatoms. The minimum Gasteiger partial charge on any atom is -0.497 e. The van der Waals surface area contributed by atoms with E-state index >= 15 is 0 Å². The molecule has 2 aromatic carbocycles. The Kier molecular flexibility index (Phi) is 6.79. The first-order chi connectivity index (χ1) is 13.8. The maximum absolute atomic E-state index is 12.4. The summed E-state index contributed by atoms with van der Waals surface area (Å²) >= 11 is 13.2. The van der Waals surface area contributed by atoms with Crippen molar-refractivity contribution in [3.63, 3.8) is 0 Å². The van der Waals surface area contributed by atoms with Crippen LogP contribution in [0.1, 0.15) is 6.42 Å². The van der Waals surface area contributed by atoms with Gasteiger partial charge in [0.15, 0.2) is 15.0 Å². The van der Waals surface area contributed by atoms with Gasteiger partial charge in [-0.25, -0.2) is 13.4 Å². The molecule has 0 atom stereocenters. The molecule has 6 nitrogen and oxygen atoms in total. The predicted octanol–water partition coefficient (Wildman–Crippen LogP) is 4.93. The smallest absolute Gasteiger partial charge is 0.227 e. The van der Waals surface area contributed by atoms with Crippen molar-refractivity contribution in [3.05, 3.63) is 57.9 Å². The van der Waals surface area contributed by atoms with E-state index in [4.69, 9.17) is 27.9 Å². The normalized spacial score (nSPS) is 11.3. The van der Waals surface area contributed by atoms with Gasteiger partial charge in [-0.3, -0.25) is 4.79 Å². The molecule has 0 fully saturated rings. The van der Waals surface area contributed by atoms with Gasteiger partial charge in [-0.05, 0) is 36.4 Å². The molecule has 3 rings (SSSR count). The van der Waals surface area contributed by atoms with E-state index in [2.05, 4.69) is 10.3 Å². The summed E-state index contributed by atoms with van der Waals surface area (Å²) in [6, 6.07) is 11.2. The van der Waals surface area contributed by atoms with Crippen molar-refractivity contribution in [2.45, 2.75) is 11.3 Å². The molecule has 152 valence electrons. The lowest BCUT2D eigenvalue weighted by Gasteiger charge is -2.06.